The number of carbonyl (C=O) groups excluding carboxylic acids is 2. The van der Waals surface area contributed by atoms with Crippen LogP contribution in [0.4, 0.5) is 9.18 Å². The van der Waals surface area contributed by atoms with Gasteiger partial charge in [-0.1, -0.05) is 36.4 Å². The molecule has 1 saturated heterocycles. The number of benzene rings is 2. The van der Waals surface area contributed by atoms with E-state index in [9.17, 15) is 14.0 Å². The van der Waals surface area contributed by atoms with E-state index in [4.69, 9.17) is 4.42 Å². The number of imide groups is 1. The standard InChI is InChI=1S/C19H15FN2O3/c1-19(16-10-12-6-3-5-9-15(12)25-16)17(23)22(18(24)21-19)11-13-7-2-4-8-14(13)20/h2-10H,11H2,1H3,(H,21,24). The topological polar surface area (TPSA) is 62.6 Å². The van der Waals surface area contributed by atoms with Gasteiger partial charge in [-0.3, -0.25) is 9.69 Å². The molecule has 1 unspecified atom stereocenters. The monoisotopic (exact) mass is 338 g/mol. The molecule has 2 aromatic carbocycles. The van der Waals surface area contributed by atoms with Crippen LogP contribution in [-0.4, -0.2) is 16.8 Å². The molecule has 0 bridgehead atoms. The average Bonchev–Trinajstić information content (AvgIpc) is 3.13. The first-order valence-corrected chi connectivity index (χ1v) is 7.85. The molecule has 1 aliphatic heterocycles. The lowest BCUT2D eigenvalue weighted by atomic mass is 9.98. The Morgan fingerprint density at radius 3 is 2.60 bits per heavy atom. The summed E-state index contributed by atoms with van der Waals surface area (Å²) >= 11 is 0. The Bertz CT molecular complexity index is 964. The highest BCUT2D eigenvalue weighted by atomic mass is 19.1. The van der Waals surface area contributed by atoms with Crippen LogP contribution in [0, 0.1) is 5.82 Å². The summed E-state index contributed by atoms with van der Waals surface area (Å²) in [6.07, 6.45) is 0. The Morgan fingerprint density at radius 2 is 1.84 bits per heavy atom. The van der Waals surface area contributed by atoms with Crippen LogP contribution < -0.4 is 5.32 Å². The molecule has 3 amide bonds. The highest BCUT2D eigenvalue weighted by molar-refractivity contribution is 6.07. The number of hydrogen-bond acceptors (Lipinski definition) is 3. The molecule has 4 rings (SSSR count). The molecular formula is C19H15FN2O3. The number of para-hydroxylation sites is 1. The molecule has 1 N–H and O–H groups in total. The molecule has 25 heavy (non-hydrogen) atoms. The summed E-state index contributed by atoms with van der Waals surface area (Å²) in [5, 5.41) is 3.51. The van der Waals surface area contributed by atoms with Crippen molar-refractivity contribution in [1.29, 1.82) is 0 Å². The third kappa shape index (κ3) is 2.38. The highest BCUT2D eigenvalue weighted by Crippen LogP contribution is 2.33. The fourth-order valence-corrected chi connectivity index (χ4v) is 3.03. The van der Waals surface area contributed by atoms with E-state index in [0.29, 0.717) is 11.3 Å². The Balaban J connectivity index is 1.69. The average molecular weight is 338 g/mol. The SMILES string of the molecule is CC1(c2cc3ccccc3o2)NC(=O)N(Cc2ccccc2F)C1=O. The molecule has 1 atom stereocenters. The van der Waals surface area contributed by atoms with Gasteiger partial charge in [-0.2, -0.15) is 0 Å². The predicted octanol–water partition coefficient (Wildman–Crippen LogP) is 3.54. The summed E-state index contributed by atoms with van der Waals surface area (Å²) in [5.74, 6) is -0.580. The zero-order valence-electron chi connectivity index (χ0n) is 13.5. The van der Waals surface area contributed by atoms with E-state index in [0.717, 1.165) is 10.3 Å². The van der Waals surface area contributed by atoms with Gasteiger partial charge < -0.3 is 9.73 Å². The van der Waals surface area contributed by atoms with Crippen molar-refractivity contribution < 1.29 is 18.4 Å². The number of nitrogens with one attached hydrogen (secondary N) is 1. The molecule has 1 aliphatic rings. The molecule has 1 fully saturated rings. The fourth-order valence-electron chi connectivity index (χ4n) is 3.03. The summed E-state index contributed by atoms with van der Waals surface area (Å²) in [6, 6.07) is 14.6. The summed E-state index contributed by atoms with van der Waals surface area (Å²) in [4.78, 5) is 26.2. The van der Waals surface area contributed by atoms with Gasteiger partial charge in [0.2, 0.25) is 0 Å². The highest BCUT2D eigenvalue weighted by Gasteiger charge is 2.51. The molecule has 0 radical (unpaired) electrons. The number of furan rings is 1. The van der Waals surface area contributed by atoms with Crippen molar-refractivity contribution in [3.63, 3.8) is 0 Å². The maximum atomic E-state index is 13.9. The van der Waals surface area contributed by atoms with Crippen LogP contribution in [0.1, 0.15) is 18.2 Å². The Labute approximate surface area is 143 Å². The molecule has 5 nitrogen and oxygen atoms in total. The second kappa shape index (κ2) is 5.44. The quantitative estimate of drug-likeness (QED) is 0.743. The van der Waals surface area contributed by atoms with Gasteiger partial charge in [-0.05, 0) is 25.1 Å². The smallest absolute Gasteiger partial charge is 0.325 e. The summed E-state index contributed by atoms with van der Waals surface area (Å²) in [6.45, 7) is 1.46. The maximum Gasteiger partial charge on any atom is 0.325 e. The van der Waals surface area contributed by atoms with E-state index < -0.39 is 23.3 Å². The van der Waals surface area contributed by atoms with Gasteiger partial charge in [0.15, 0.2) is 5.54 Å². The lowest BCUT2D eigenvalue weighted by molar-refractivity contribution is -0.132. The molecule has 0 spiro atoms. The third-order valence-corrected chi connectivity index (χ3v) is 4.48. The van der Waals surface area contributed by atoms with Gasteiger partial charge in [-0.25, -0.2) is 9.18 Å². The number of hydrogen-bond donors (Lipinski definition) is 1. The lowest BCUT2D eigenvalue weighted by Gasteiger charge is -2.19. The van der Waals surface area contributed by atoms with Crippen molar-refractivity contribution >= 4 is 22.9 Å². The van der Waals surface area contributed by atoms with Crippen molar-refractivity contribution in [2.75, 3.05) is 0 Å². The number of carbonyl (C=O) groups is 2. The first kappa shape index (κ1) is 15.4. The molecule has 126 valence electrons. The van der Waals surface area contributed by atoms with Crippen LogP contribution in [0.3, 0.4) is 0 Å². The lowest BCUT2D eigenvalue weighted by Crippen LogP contribution is -2.40. The number of fused-ring (bicyclic) bond motifs is 1. The van der Waals surface area contributed by atoms with Crippen molar-refractivity contribution in [1.82, 2.24) is 10.2 Å². The largest absolute Gasteiger partial charge is 0.458 e. The maximum absolute atomic E-state index is 13.9. The number of urea groups is 1. The van der Waals surface area contributed by atoms with Crippen LogP contribution in [0.5, 0.6) is 0 Å². The minimum atomic E-state index is -1.32. The second-order valence-electron chi connectivity index (χ2n) is 6.19. The molecular weight excluding hydrogens is 323 g/mol. The van der Waals surface area contributed by atoms with E-state index in [1.54, 1.807) is 37.3 Å². The van der Waals surface area contributed by atoms with Gasteiger partial charge in [0, 0.05) is 10.9 Å². The minimum absolute atomic E-state index is 0.132. The van der Waals surface area contributed by atoms with Gasteiger partial charge in [0.05, 0.1) is 6.54 Å². The second-order valence-corrected chi connectivity index (χ2v) is 6.19. The molecule has 2 heterocycles. The minimum Gasteiger partial charge on any atom is -0.458 e. The van der Waals surface area contributed by atoms with E-state index in [1.807, 2.05) is 18.2 Å². The molecule has 1 aromatic heterocycles. The van der Waals surface area contributed by atoms with Crippen molar-refractivity contribution in [2.24, 2.45) is 0 Å². The van der Waals surface area contributed by atoms with Crippen LogP contribution in [0.15, 0.2) is 59.0 Å². The normalized spacial score (nSPS) is 20.3. The zero-order chi connectivity index (χ0) is 17.6. The Morgan fingerprint density at radius 1 is 1.12 bits per heavy atom. The first-order valence-electron chi connectivity index (χ1n) is 7.85. The summed E-state index contributed by atoms with van der Waals surface area (Å²) in [5.41, 5.74) is -0.408. The van der Waals surface area contributed by atoms with Crippen molar-refractivity contribution in [3.05, 3.63) is 71.7 Å². The summed E-state index contributed by atoms with van der Waals surface area (Å²) < 4.78 is 19.6. The van der Waals surface area contributed by atoms with Crippen molar-refractivity contribution in [3.8, 4) is 0 Å². The molecule has 3 aromatic rings. The zero-order valence-corrected chi connectivity index (χ0v) is 13.5. The third-order valence-electron chi connectivity index (χ3n) is 4.48. The molecule has 6 heteroatoms. The fraction of sp³-hybridized carbons (Fsp3) is 0.158. The number of amides is 3. The number of rotatable bonds is 3. The number of halogens is 1. The Hall–Kier alpha value is -3.15. The van der Waals surface area contributed by atoms with E-state index in [1.165, 1.54) is 6.07 Å². The Kier molecular flexibility index (Phi) is 3.35. The van der Waals surface area contributed by atoms with Crippen LogP contribution in [-0.2, 0) is 16.9 Å². The van der Waals surface area contributed by atoms with Crippen molar-refractivity contribution in [2.45, 2.75) is 19.0 Å². The van der Waals surface area contributed by atoms with Crippen LogP contribution >= 0.6 is 0 Å². The van der Waals surface area contributed by atoms with Gasteiger partial charge in [-0.15, -0.1) is 0 Å². The van der Waals surface area contributed by atoms with E-state index in [-0.39, 0.29) is 12.1 Å². The summed E-state index contributed by atoms with van der Waals surface area (Å²) in [7, 11) is 0. The van der Waals surface area contributed by atoms with Crippen LogP contribution in [0.2, 0.25) is 0 Å². The van der Waals surface area contributed by atoms with E-state index in [2.05, 4.69) is 5.32 Å². The molecule has 0 saturated carbocycles. The van der Waals surface area contributed by atoms with Gasteiger partial charge in [0.1, 0.15) is 17.2 Å². The molecule has 0 aliphatic carbocycles. The van der Waals surface area contributed by atoms with Gasteiger partial charge >= 0.3 is 6.03 Å². The first-order chi connectivity index (χ1) is 12.0. The predicted molar refractivity (Wildman–Crippen MR) is 89.0 cm³/mol. The van der Waals surface area contributed by atoms with Gasteiger partial charge in [0.25, 0.3) is 5.91 Å². The van der Waals surface area contributed by atoms with Crippen LogP contribution in [0.25, 0.3) is 11.0 Å². The van der Waals surface area contributed by atoms with E-state index >= 15 is 0 Å². The number of nitrogens with zero attached hydrogens (tertiary/aromatic N) is 1.